The van der Waals surface area contributed by atoms with Gasteiger partial charge in [-0.15, -0.1) is 0 Å². The molecule has 29 heavy (non-hydrogen) atoms. The van der Waals surface area contributed by atoms with Crippen molar-refractivity contribution in [3.8, 4) is 0 Å². The molecule has 1 atom stereocenters. The highest BCUT2D eigenvalue weighted by atomic mass is 16.2. The SMILES string of the molecule is CC1=C(C(=O)Nc2cnc3c(c2)c(=O)n(C)c(=O)n3C)C(C)n2ncnc2N1C. The first-order valence-corrected chi connectivity index (χ1v) is 8.93. The number of rotatable bonds is 2. The fourth-order valence-electron chi connectivity index (χ4n) is 3.60. The summed E-state index contributed by atoms with van der Waals surface area (Å²) < 4.78 is 3.97. The Morgan fingerprint density at radius 3 is 2.59 bits per heavy atom. The number of allylic oxidation sites excluding steroid dienone is 1. The van der Waals surface area contributed by atoms with Crippen LogP contribution in [0.1, 0.15) is 19.9 Å². The van der Waals surface area contributed by atoms with Gasteiger partial charge in [0.15, 0.2) is 0 Å². The van der Waals surface area contributed by atoms with E-state index in [4.69, 9.17) is 0 Å². The third kappa shape index (κ3) is 2.65. The van der Waals surface area contributed by atoms with Crippen molar-refractivity contribution in [2.75, 3.05) is 17.3 Å². The molecule has 1 N–H and O–H groups in total. The number of aromatic nitrogens is 6. The molecule has 0 aromatic carbocycles. The average Bonchev–Trinajstić information content (AvgIpc) is 3.19. The minimum atomic E-state index is -0.472. The highest BCUT2D eigenvalue weighted by molar-refractivity contribution is 6.06. The topological polar surface area (TPSA) is 120 Å². The lowest BCUT2D eigenvalue weighted by atomic mass is 10.0. The van der Waals surface area contributed by atoms with E-state index in [0.29, 0.717) is 17.2 Å². The Morgan fingerprint density at radius 1 is 1.14 bits per heavy atom. The van der Waals surface area contributed by atoms with Crippen LogP contribution in [0.4, 0.5) is 11.6 Å². The van der Waals surface area contributed by atoms with Gasteiger partial charge in [-0.2, -0.15) is 10.1 Å². The summed E-state index contributed by atoms with van der Waals surface area (Å²) in [7, 11) is 4.76. The largest absolute Gasteiger partial charge is 0.332 e. The lowest BCUT2D eigenvalue weighted by Gasteiger charge is -2.31. The van der Waals surface area contributed by atoms with Crippen LogP contribution in [0.5, 0.6) is 0 Å². The van der Waals surface area contributed by atoms with Gasteiger partial charge in [0.1, 0.15) is 12.0 Å². The summed E-state index contributed by atoms with van der Waals surface area (Å²) in [5.74, 6) is 0.328. The van der Waals surface area contributed by atoms with Gasteiger partial charge in [0.2, 0.25) is 5.95 Å². The second-order valence-corrected chi connectivity index (χ2v) is 6.99. The second kappa shape index (κ2) is 6.40. The van der Waals surface area contributed by atoms with Crippen molar-refractivity contribution in [3.05, 3.63) is 50.7 Å². The Balaban J connectivity index is 1.74. The smallest absolute Gasteiger partial charge is 0.321 e. The van der Waals surface area contributed by atoms with Crippen LogP contribution in [-0.2, 0) is 18.9 Å². The minimum absolute atomic E-state index is 0.241. The zero-order chi connectivity index (χ0) is 21.0. The molecule has 1 amide bonds. The number of amides is 1. The van der Waals surface area contributed by atoms with E-state index in [0.717, 1.165) is 10.3 Å². The molecule has 1 unspecified atom stereocenters. The third-order valence-electron chi connectivity index (χ3n) is 5.33. The molecule has 0 fully saturated rings. The van der Waals surface area contributed by atoms with E-state index in [2.05, 4.69) is 20.4 Å². The van der Waals surface area contributed by atoms with Crippen molar-refractivity contribution in [1.29, 1.82) is 0 Å². The number of pyridine rings is 1. The highest BCUT2D eigenvalue weighted by Crippen LogP contribution is 2.32. The summed E-state index contributed by atoms with van der Waals surface area (Å²) in [6.45, 7) is 3.71. The number of aryl methyl sites for hydroxylation is 1. The summed E-state index contributed by atoms with van der Waals surface area (Å²) in [4.78, 5) is 47.8. The number of hydrogen-bond acceptors (Lipinski definition) is 7. The molecule has 1 aliphatic heterocycles. The molecule has 0 radical (unpaired) electrons. The van der Waals surface area contributed by atoms with Gasteiger partial charge in [-0.25, -0.2) is 14.5 Å². The molecule has 3 aromatic heterocycles. The number of nitrogens with one attached hydrogen (secondary N) is 1. The van der Waals surface area contributed by atoms with Gasteiger partial charge in [0, 0.05) is 26.8 Å². The van der Waals surface area contributed by atoms with Gasteiger partial charge in [0.25, 0.3) is 11.5 Å². The van der Waals surface area contributed by atoms with Crippen LogP contribution >= 0.6 is 0 Å². The number of nitrogens with zero attached hydrogens (tertiary/aromatic N) is 7. The number of fused-ring (bicyclic) bond motifs is 2. The van der Waals surface area contributed by atoms with Crippen LogP contribution in [0.15, 0.2) is 39.4 Å². The fourth-order valence-corrected chi connectivity index (χ4v) is 3.60. The van der Waals surface area contributed by atoms with E-state index >= 15 is 0 Å². The predicted molar refractivity (Wildman–Crippen MR) is 107 cm³/mol. The summed E-state index contributed by atoms with van der Waals surface area (Å²) in [5.41, 5.74) is 0.958. The Hall–Kier alpha value is -3.76. The molecule has 0 bridgehead atoms. The molecule has 0 aliphatic carbocycles. The number of carbonyl (C=O) groups is 1. The van der Waals surface area contributed by atoms with E-state index in [9.17, 15) is 14.4 Å². The van der Waals surface area contributed by atoms with Crippen molar-refractivity contribution < 1.29 is 4.79 Å². The molecular weight excluding hydrogens is 376 g/mol. The van der Waals surface area contributed by atoms with E-state index in [1.807, 2.05) is 20.9 Å². The standard InChI is InChI=1S/C18H20N8O3/c1-9-13(10(2)26-17(23(9)3)20-8-21-26)15(27)22-11-6-12-14(19-7-11)24(4)18(29)25(5)16(12)28/h6-8,10H,1-5H3,(H,22,27). The maximum atomic E-state index is 13.1. The molecule has 11 nitrogen and oxygen atoms in total. The first-order chi connectivity index (χ1) is 13.7. The van der Waals surface area contributed by atoms with Crippen molar-refractivity contribution in [1.82, 2.24) is 28.9 Å². The molecule has 11 heteroatoms. The van der Waals surface area contributed by atoms with Gasteiger partial charge < -0.3 is 10.2 Å². The van der Waals surface area contributed by atoms with Crippen molar-refractivity contribution >= 4 is 28.6 Å². The van der Waals surface area contributed by atoms with Gasteiger partial charge in [-0.3, -0.25) is 18.7 Å². The van der Waals surface area contributed by atoms with Crippen molar-refractivity contribution in [3.63, 3.8) is 0 Å². The van der Waals surface area contributed by atoms with E-state index in [1.165, 1.54) is 30.2 Å². The Bertz CT molecular complexity index is 1310. The molecule has 0 saturated carbocycles. The van der Waals surface area contributed by atoms with Crippen LogP contribution in [0.2, 0.25) is 0 Å². The van der Waals surface area contributed by atoms with Crippen molar-refractivity contribution in [2.24, 2.45) is 14.1 Å². The van der Waals surface area contributed by atoms with Gasteiger partial charge in [-0.1, -0.05) is 0 Å². The summed E-state index contributed by atoms with van der Waals surface area (Å²) in [6.07, 6.45) is 2.87. The van der Waals surface area contributed by atoms with Crippen LogP contribution in [0.3, 0.4) is 0 Å². The quantitative estimate of drug-likeness (QED) is 0.654. The van der Waals surface area contributed by atoms with Crippen LogP contribution in [-0.4, -0.2) is 41.8 Å². The zero-order valence-corrected chi connectivity index (χ0v) is 16.7. The van der Waals surface area contributed by atoms with Gasteiger partial charge >= 0.3 is 5.69 Å². The summed E-state index contributed by atoms with van der Waals surface area (Å²) >= 11 is 0. The molecule has 1 aliphatic rings. The number of anilines is 2. The molecule has 150 valence electrons. The lowest BCUT2D eigenvalue weighted by molar-refractivity contribution is -0.113. The maximum absolute atomic E-state index is 13.1. The van der Waals surface area contributed by atoms with Crippen LogP contribution in [0, 0.1) is 0 Å². The van der Waals surface area contributed by atoms with Gasteiger partial charge in [-0.05, 0) is 19.9 Å². The molecule has 4 rings (SSSR count). The molecule has 4 heterocycles. The molecule has 0 spiro atoms. The monoisotopic (exact) mass is 396 g/mol. The summed E-state index contributed by atoms with van der Waals surface area (Å²) in [5, 5.41) is 7.25. The Morgan fingerprint density at radius 2 is 1.86 bits per heavy atom. The first kappa shape index (κ1) is 18.6. The fraction of sp³-hybridized carbons (Fsp3) is 0.333. The predicted octanol–water partition coefficient (Wildman–Crippen LogP) is 0.147. The van der Waals surface area contributed by atoms with Crippen molar-refractivity contribution in [2.45, 2.75) is 19.9 Å². The van der Waals surface area contributed by atoms with Gasteiger partial charge in [0.05, 0.1) is 28.9 Å². The lowest BCUT2D eigenvalue weighted by Crippen LogP contribution is -2.37. The number of carbonyl (C=O) groups excluding carboxylic acids is 1. The number of hydrogen-bond donors (Lipinski definition) is 1. The summed E-state index contributed by atoms with van der Waals surface area (Å²) in [6, 6.07) is 1.21. The van der Waals surface area contributed by atoms with E-state index < -0.39 is 11.2 Å². The Labute approximate surface area is 164 Å². The first-order valence-electron chi connectivity index (χ1n) is 8.93. The van der Waals surface area contributed by atoms with Crippen LogP contribution < -0.4 is 21.5 Å². The Kier molecular flexibility index (Phi) is 4.10. The average molecular weight is 396 g/mol. The van der Waals surface area contributed by atoms with Crippen LogP contribution in [0.25, 0.3) is 11.0 Å². The molecular formula is C18H20N8O3. The second-order valence-electron chi connectivity index (χ2n) is 6.99. The normalized spacial score (nSPS) is 16.3. The molecule has 0 saturated heterocycles. The molecule has 3 aromatic rings. The van der Waals surface area contributed by atoms with E-state index in [-0.39, 0.29) is 23.0 Å². The highest BCUT2D eigenvalue weighted by Gasteiger charge is 2.32. The minimum Gasteiger partial charge on any atom is -0.321 e. The van der Waals surface area contributed by atoms with E-state index in [1.54, 1.807) is 16.6 Å². The third-order valence-corrected chi connectivity index (χ3v) is 5.33. The maximum Gasteiger partial charge on any atom is 0.332 e. The zero-order valence-electron chi connectivity index (χ0n) is 16.7.